The van der Waals surface area contributed by atoms with Crippen molar-refractivity contribution in [3.05, 3.63) is 107 Å². The highest BCUT2D eigenvalue weighted by molar-refractivity contribution is 7.91. The Kier molecular flexibility index (Phi) is 6.64. The number of hydrogen-bond donors (Lipinski definition) is 2. The molecule has 0 bridgehead atoms. The topological polar surface area (TPSA) is 101 Å². The van der Waals surface area contributed by atoms with Crippen LogP contribution in [0.5, 0.6) is 0 Å². The number of hydrogen-bond acceptors (Lipinski definition) is 6. The van der Waals surface area contributed by atoms with Crippen molar-refractivity contribution in [1.82, 2.24) is 14.9 Å². The number of nitrogens with one attached hydrogen (secondary N) is 2. The summed E-state index contributed by atoms with van der Waals surface area (Å²) >= 11 is 0.799. The minimum atomic E-state index is -4.01. The quantitative estimate of drug-likeness (QED) is 0.382. The number of amides is 1. The van der Waals surface area contributed by atoms with Crippen LogP contribution in [0.4, 0.5) is 5.13 Å². The Morgan fingerprint density at radius 2 is 1.48 bits per heavy atom. The maximum absolute atomic E-state index is 13.2. The van der Waals surface area contributed by atoms with Crippen molar-refractivity contribution in [3.63, 3.8) is 0 Å². The lowest BCUT2D eigenvalue weighted by atomic mass is 9.99. The molecule has 4 rings (SSSR count). The third-order valence-electron chi connectivity index (χ3n) is 5.06. The number of rotatable bonds is 7. The van der Waals surface area contributed by atoms with E-state index in [-0.39, 0.29) is 15.4 Å². The molecule has 33 heavy (non-hydrogen) atoms. The summed E-state index contributed by atoms with van der Waals surface area (Å²) in [7, 11) is -4.01. The Bertz CT molecular complexity index is 1370. The summed E-state index contributed by atoms with van der Waals surface area (Å²) in [5.41, 5.74) is 3.96. The maximum Gasteiger partial charge on any atom is 0.270 e. The second-order valence-corrected chi connectivity index (χ2v) is 10.4. The van der Waals surface area contributed by atoms with E-state index in [1.165, 1.54) is 0 Å². The lowest BCUT2D eigenvalue weighted by Gasteiger charge is -2.19. The van der Waals surface area contributed by atoms with Gasteiger partial charge >= 0.3 is 0 Å². The van der Waals surface area contributed by atoms with E-state index in [9.17, 15) is 13.2 Å². The molecule has 0 saturated heterocycles. The van der Waals surface area contributed by atoms with E-state index in [4.69, 9.17) is 0 Å². The van der Waals surface area contributed by atoms with Crippen LogP contribution in [0.15, 0.2) is 83.2 Å². The monoisotopic (exact) mass is 478 g/mol. The standard InChI is InChI=1S/C24H22N4O3S2/c1-16-12-14-19(15-13-16)21(18-9-4-3-5-10-18)28-33(30,31)24-27-26-23(32-24)25-22(29)20-11-7-6-8-17(20)2/h3-15,21,28H,1-2H3,(H,25,26,29). The Hall–Kier alpha value is -3.40. The van der Waals surface area contributed by atoms with Crippen LogP contribution < -0.4 is 10.0 Å². The number of sulfonamides is 1. The SMILES string of the molecule is Cc1ccc(C(NS(=O)(=O)c2nnc(NC(=O)c3ccccc3C)s2)c2ccccc2)cc1. The highest BCUT2D eigenvalue weighted by Crippen LogP contribution is 2.27. The molecule has 0 aliphatic heterocycles. The number of aromatic nitrogens is 2. The van der Waals surface area contributed by atoms with Crippen LogP contribution >= 0.6 is 11.3 Å². The van der Waals surface area contributed by atoms with Crippen molar-refractivity contribution in [3.8, 4) is 0 Å². The van der Waals surface area contributed by atoms with Gasteiger partial charge in [-0.05, 0) is 36.6 Å². The van der Waals surface area contributed by atoms with E-state index in [1.54, 1.807) is 12.1 Å². The largest absolute Gasteiger partial charge is 0.296 e. The van der Waals surface area contributed by atoms with Crippen molar-refractivity contribution in [2.45, 2.75) is 24.2 Å². The highest BCUT2D eigenvalue weighted by Gasteiger charge is 2.27. The molecule has 0 fully saturated rings. The van der Waals surface area contributed by atoms with E-state index in [0.29, 0.717) is 5.56 Å². The molecule has 7 nitrogen and oxygen atoms in total. The molecular weight excluding hydrogens is 456 g/mol. The van der Waals surface area contributed by atoms with Gasteiger partial charge in [0.2, 0.25) is 9.47 Å². The number of benzene rings is 3. The molecule has 2 N–H and O–H groups in total. The smallest absolute Gasteiger partial charge is 0.270 e. The molecule has 3 aromatic carbocycles. The Morgan fingerprint density at radius 1 is 0.848 bits per heavy atom. The zero-order chi connectivity index (χ0) is 23.4. The third kappa shape index (κ3) is 5.33. The Morgan fingerprint density at radius 3 is 2.18 bits per heavy atom. The fraction of sp³-hybridized carbons (Fsp3) is 0.125. The molecule has 1 amide bonds. The molecule has 0 saturated carbocycles. The van der Waals surface area contributed by atoms with Gasteiger partial charge in [-0.3, -0.25) is 10.1 Å². The molecule has 1 aromatic heterocycles. The average Bonchev–Trinajstić information content (AvgIpc) is 3.28. The van der Waals surface area contributed by atoms with E-state index in [2.05, 4.69) is 20.2 Å². The lowest BCUT2D eigenvalue weighted by molar-refractivity contribution is 0.102. The third-order valence-corrected chi connectivity index (χ3v) is 7.69. The van der Waals surface area contributed by atoms with Crippen LogP contribution in [0.3, 0.4) is 0 Å². The molecule has 1 heterocycles. The zero-order valence-corrected chi connectivity index (χ0v) is 19.7. The first kappa shape index (κ1) is 22.8. The van der Waals surface area contributed by atoms with Gasteiger partial charge in [-0.15, -0.1) is 10.2 Å². The highest BCUT2D eigenvalue weighted by atomic mass is 32.2. The summed E-state index contributed by atoms with van der Waals surface area (Å²) in [6.45, 7) is 3.79. The fourth-order valence-electron chi connectivity index (χ4n) is 3.30. The van der Waals surface area contributed by atoms with Crippen LogP contribution in [-0.2, 0) is 10.0 Å². The molecule has 0 aliphatic carbocycles. The summed E-state index contributed by atoms with van der Waals surface area (Å²) in [5, 5.41) is 10.4. The second-order valence-electron chi connectivity index (χ2n) is 7.52. The Balaban J connectivity index is 1.58. The minimum Gasteiger partial charge on any atom is -0.296 e. The molecule has 1 unspecified atom stereocenters. The molecular formula is C24H22N4O3S2. The molecule has 9 heteroatoms. The molecule has 4 aromatic rings. The van der Waals surface area contributed by atoms with Crippen molar-refractivity contribution in [2.24, 2.45) is 0 Å². The van der Waals surface area contributed by atoms with Gasteiger partial charge in [0.25, 0.3) is 15.9 Å². The van der Waals surface area contributed by atoms with Gasteiger partial charge in [0.05, 0.1) is 6.04 Å². The predicted molar refractivity (Wildman–Crippen MR) is 129 cm³/mol. The summed E-state index contributed by atoms with van der Waals surface area (Å²) < 4.78 is 28.8. The Labute approximate surface area is 196 Å². The van der Waals surface area contributed by atoms with Gasteiger partial charge < -0.3 is 0 Å². The second kappa shape index (κ2) is 9.62. The maximum atomic E-state index is 13.2. The number of carbonyl (C=O) groups excluding carboxylic acids is 1. The predicted octanol–water partition coefficient (Wildman–Crippen LogP) is 4.48. The molecule has 168 valence electrons. The summed E-state index contributed by atoms with van der Waals surface area (Å²) in [6, 6.07) is 23.5. The fourth-order valence-corrected chi connectivity index (χ4v) is 5.42. The first-order chi connectivity index (χ1) is 15.8. The van der Waals surface area contributed by atoms with Crippen molar-refractivity contribution < 1.29 is 13.2 Å². The number of aryl methyl sites for hydroxylation is 2. The minimum absolute atomic E-state index is 0.107. The van der Waals surface area contributed by atoms with Crippen LogP contribution in [-0.4, -0.2) is 24.5 Å². The van der Waals surface area contributed by atoms with Gasteiger partial charge in [0, 0.05) is 5.56 Å². The average molecular weight is 479 g/mol. The molecule has 0 aliphatic rings. The number of nitrogens with zero attached hydrogens (tertiary/aromatic N) is 2. The first-order valence-corrected chi connectivity index (χ1v) is 12.5. The lowest BCUT2D eigenvalue weighted by Crippen LogP contribution is -2.29. The van der Waals surface area contributed by atoms with Gasteiger partial charge in [-0.1, -0.05) is 89.7 Å². The van der Waals surface area contributed by atoms with Gasteiger partial charge in [0.1, 0.15) is 0 Å². The van der Waals surface area contributed by atoms with Crippen LogP contribution in [0.2, 0.25) is 0 Å². The van der Waals surface area contributed by atoms with Crippen LogP contribution in [0.1, 0.15) is 38.7 Å². The molecule has 1 atom stereocenters. The summed E-state index contributed by atoms with van der Waals surface area (Å²) in [4.78, 5) is 12.5. The summed E-state index contributed by atoms with van der Waals surface area (Å²) in [5.74, 6) is -0.372. The number of carbonyl (C=O) groups is 1. The van der Waals surface area contributed by atoms with Crippen LogP contribution in [0, 0.1) is 13.8 Å². The first-order valence-electron chi connectivity index (χ1n) is 10.2. The zero-order valence-electron chi connectivity index (χ0n) is 18.0. The van der Waals surface area contributed by atoms with E-state index in [0.717, 1.165) is 33.6 Å². The summed E-state index contributed by atoms with van der Waals surface area (Å²) in [6.07, 6.45) is 0. The van der Waals surface area contributed by atoms with E-state index in [1.807, 2.05) is 80.6 Å². The van der Waals surface area contributed by atoms with Crippen molar-refractivity contribution >= 4 is 32.4 Å². The van der Waals surface area contributed by atoms with E-state index >= 15 is 0 Å². The van der Waals surface area contributed by atoms with Crippen LogP contribution in [0.25, 0.3) is 0 Å². The van der Waals surface area contributed by atoms with Gasteiger partial charge in [-0.2, -0.15) is 4.72 Å². The molecule has 0 spiro atoms. The normalized spacial score (nSPS) is 12.3. The van der Waals surface area contributed by atoms with Crippen molar-refractivity contribution in [1.29, 1.82) is 0 Å². The van der Waals surface area contributed by atoms with E-state index < -0.39 is 16.1 Å². The van der Waals surface area contributed by atoms with Crippen molar-refractivity contribution in [2.75, 3.05) is 5.32 Å². The van der Waals surface area contributed by atoms with Gasteiger partial charge in [0.15, 0.2) is 0 Å². The van der Waals surface area contributed by atoms with Gasteiger partial charge in [-0.25, -0.2) is 8.42 Å². The molecule has 0 radical (unpaired) electrons. The number of anilines is 1.